The lowest BCUT2D eigenvalue weighted by Gasteiger charge is -2.11. The highest BCUT2D eigenvalue weighted by Gasteiger charge is 2.19. The Morgan fingerprint density at radius 3 is 2.55 bits per heavy atom. The first-order valence-electron chi connectivity index (χ1n) is 10.4. The quantitative estimate of drug-likeness (QED) is 0.149. The Balaban J connectivity index is 2.01. The van der Waals surface area contributed by atoms with E-state index in [2.05, 4.69) is 25.9 Å². The summed E-state index contributed by atoms with van der Waals surface area (Å²) < 4.78 is 22.8. The minimum absolute atomic E-state index is 0.0807. The summed E-state index contributed by atoms with van der Waals surface area (Å²) in [6, 6.07) is 11.3. The van der Waals surface area contributed by atoms with Crippen LogP contribution in [0.2, 0.25) is 5.02 Å². The summed E-state index contributed by atoms with van der Waals surface area (Å²) in [6.45, 7) is 7.89. The van der Waals surface area contributed by atoms with Crippen molar-refractivity contribution in [3.05, 3.63) is 57.6 Å². The van der Waals surface area contributed by atoms with Gasteiger partial charge in [-0.1, -0.05) is 43.5 Å². The predicted octanol–water partition coefficient (Wildman–Crippen LogP) is 7.03. The third-order valence-electron chi connectivity index (χ3n) is 4.70. The van der Waals surface area contributed by atoms with Crippen LogP contribution in [0.3, 0.4) is 0 Å². The molecule has 5 nitrogen and oxygen atoms in total. The van der Waals surface area contributed by atoms with Crippen LogP contribution in [0.4, 0.5) is 0 Å². The number of esters is 1. The number of rotatable bonds is 8. The van der Waals surface area contributed by atoms with Gasteiger partial charge in [0, 0.05) is 34.0 Å². The van der Waals surface area contributed by atoms with Gasteiger partial charge in [-0.05, 0) is 36.6 Å². The normalized spacial score (nSPS) is 11.2. The standard InChI is InChI=1S/C26H25ClO5S/c1-6-12-31-25-21(29-5)15-23-20(24(25)27)13-19(33-23)14-22(26(28)30-7-2)32-18-10-8-17(9-11-18)16(3)4/h8-11,13-16H,7H2,1-5H3/b22-14-. The monoisotopic (exact) mass is 484 g/mol. The molecule has 3 rings (SSSR count). The number of hydrogen-bond acceptors (Lipinski definition) is 6. The summed E-state index contributed by atoms with van der Waals surface area (Å²) in [5.74, 6) is 3.97. The van der Waals surface area contributed by atoms with Gasteiger partial charge in [-0.25, -0.2) is 4.79 Å². The molecule has 33 heavy (non-hydrogen) atoms. The first kappa shape index (κ1) is 24.5. The van der Waals surface area contributed by atoms with Crippen molar-refractivity contribution in [3.8, 4) is 29.3 Å². The maximum atomic E-state index is 12.6. The average molecular weight is 485 g/mol. The molecule has 0 spiro atoms. The second-order valence-corrected chi connectivity index (χ2v) is 8.78. The number of thiophene rings is 1. The van der Waals surface area contributed by atoms with Crippen molar-refractivity contribution in [1.82, 2.24) is 0 Å². The van der Waals surface area contributed by atoms with E-state index in [1.54, 1.807) is 19.9 Å². The Labute approximate surface area is 202 Å². The summed E-state index contributed by atoms with van der Waals surface area (Å²) in [7, 11) is 1.54. The van der Waals surface area contributed by atoms with Gasteiger partial charge in [0.1, 0.15) is 11.9 Å². The van der Waals surface area contributed by atoms with Crippen LogP contribution in [-0.4, -0.2) is 19.7 Å². The van der Waals surface area contributed by atoms with Crippen molar-refractivity contribution < 1.29 is 23.7 Å². The molecule has 1 heterocycles. The Kier molecular flexibility index (Phi) is 8.26. The minimum Gasteiger partial charge on any atom is -0.493 e. The Morgan fingerprint density at radius 2 is 1.94 bits per heavy atom. The number of ether oxygens (including phenoxy) is 4. The molecule has 0 aliphatic rings. The third kappa shape index (κ3) is 5.81. The molecular weight excluding hydrogens is 460 g/mol. The van der Waals surface area contributed by atoms with E-state index < -0.39 is 5.97 Å². The molecule has 0 bridgehead atoms. The van der Waals surface area contributed by atoms with Crippen molar-refractivity contribution in [3.63, 3.8) is 0 Å². The number of fused-ring (bicyclic) bond motifs is 1. The van der Waals surface area contributed by atoms with Crippen LogP contribution in [-0.2, 0) is 9.53 Å². The number of benzene rings is 2. The van der Waals surface area contributed by atoms with Crippen LogP contribution in [0.1, 0.15) is 44.1 Å². The van der Waals surface area contributed by atoms with E-state index >= 15 is 0 Å². The first-order chi connectivity index (χ1) is 15.9. The van der Waals surface area contributed by atoms with E-state index in [-0.39, 0.29) is 12.4 Å². The highest BCUT2D eigenvalue weighted by Crippen LogP contribution is 2.44. The van der Waals surface area contributed by atoms with Crippen LogP contribution < -0.4 is 14.2 Å². The number of hydrogen-bond donors (Lipinski definition) is 0. The predicted molar refractivity (Wildman–Crippen MR) is 133 cm³/mol. The van der Waals surface area contributed by atoms with Gasteiger partial charge < -0.3 is 18.9 Å². The van der Waals surface area contributed by atoms with Gasteiger partial charge in [0.05, 0.1) is 18.7 Å². The zero-order valence-electron chi connectivity index (χ0n) is 19.2. The molecule has 3 aromatic rings. The molecular formula is C26H25ClO5S. The molecule has 1 aromatic heterocycles. The van der Waals surface area contributed by atoms with Crippen molar-refractivity contribution in [2.24, 2.45) is 0 Å². The van der Waals surface area contributed by atoms with Crippen molar-refractivity contribution in [2.75, 3.05) is 13.7 Å². The molecule has 7 heteroatoms. The lowest BCUT2D eigenvalue weighted by molar-refractivity contribution is -0.140. The number of carbonyl (C=O) groups excluding carboxylic acids is 1. The summed E-state index contributed by atoms with van der Waals surface area (Å²) >= 11 is 8.02. The van der Waals surface area contributed by atoms with Crippen molar-refractivity contribution in [2.45, 2.75) is 33.6 Å². The summed E-state index contributed by atoms with van der Waals surface area (Å²) in [4.78, 5) is 13.3. The van der Waals surface area contributed by atoms with Gasteiger partial charge in [0.2, 0.25) is 11.5 Å². The first-order valence-corrected chi connectivity index (χ1v) is 11.6. The van der Waals surface area contributed by atoms with Gasteiger partial charge in [0.25, 0.3) is 0 Å². The van der Waals surface area contributed by atoms with Crippen LogP contribution >= 0.6 is 22.9 Å². The minimum atomic E-state index is -0.547. The third-order valence-corrected chi connectivity index (χ3v) is 6.11. The smallest absolute Gasteiger partial charge is 0.374 e. The summed E-state index contributed by atoms with van der Waals surface area (Å²) in [5.41, 5.74) is 1.18. The molecule has 0 aliphatic carbocycles. The van der Waals surface area contributed by atoms with Crippen molar-refractivity contribution in [1.29, 1.82) is 0 Å². The van der Waals surface area contributed by atoms with Gasteiger partial charge >= 0.3 is 5.97 Å². The molecule has 0 amide bonds. The Morgan fingerprint density at radius 1 is 1.21 bits per heavy atom. The topological polar surface area (TPSA) is 54.0 Å². The van der Waals surface area contributed by atoms with Gasteiger partial charge in [-0.15, -0.1) is 11.3 Å². The Hall–Kier alpha value is -3.14. The molecule has 0 atom stereocenters. The number of methoxy groups -OCH3 is 1. The molecule has 2 aromatic carbocycles. The lowest BCUT2D eigenvalue weighted by Crippen LogP contribution is -2.12. The van der Waals surface area contributed by atoms with Crippen LogP contribution in [0.25, 0.3) is 16.2 Å². The summed E-state index contributed by atoms with van der Waals surface area (Å²) in [5, 5.41) is 1.14. The Bertz CT molecular complexity index is 1230. The van der Waals surface area contributed by atoms with Crippen LogP contribution in [0, 0.1) is 12.0 Å². The highest BCUT2D eigenvalue weighted by molar-refractivity contribution is 7.20. The van der Waals surface area contributed by atoms with Crippen molar-refractivity contribution >= 4 is 45.1 Å². The van der Waals surface area contributed by atoms with Gasteiger partial charge in [-0.2, -0.15) is 0 Å². The fourth-order valence-electron chi connectivity index (χ4n) is 3.05. The molecule has 0 aliphatic heterocycles. The zero-order chi connectivity index (χ0) is 24.0. The number of halogens is 1. The second-order valence-electron chi connectivity index (χ2n) is 7.29. The molecule has 0 N–H and O–H groups in total. The van der Waals surface area contributed by atoms with E-state index in [1.807, 2.05) is 36.4 Å². The van der Waals surface area contributed by atoms with E-state index in [0.717, 1.165) is 15.0 Å². The van der Waals surface area contributed by atoms with E-state index in [4.69, 9.17) is 30.5 Å². The van der Waals surface area contributed by atoms with E-state index in [0.29, 0.717) is 28.2 Å². The maximum absolute atomic E-state index is 12.6. The van der Waals surface area contributed by atoms with E-state index in [9.17, 15) is 4.79 Å². The maximum Gasteiger partial charge on any atom is 0.374 e. The average Bonchev–Trinajstić information content (AvgIpc) is 3.21. The lowest BCUT2D eigenvalue weighted by atomic mass is 10.0. The number of carbonyl (C=O) groups is 1. The largest absolute Gasteiger partial charge is 0.493 e. The fourth-order valence-corrected chi connectivity index (χ4v) is 4.43. The molecule has 0 fully saturated rings. The SMILES string of the molecule is CC#COc1c(OC)cc2sc(/C=C(\Oc3ccc(C(C)C)cc3)C(=O)OCC)cc2c1Cl. The molecule has 0 saturated heterocycles. The second kappa shape index (κ2) is 11.1. The van der Waals surface area contributed by atoms with Crippen LogP contribution in [0.15, 0.2) is 42.2 Å². The molecule has 0 unspecified atom stereocenters. The van der Waals surface area contributed by atoms with E-state index in [1.165, 1.54) is 24.0 Å². The highest BCUT2D eigenvalue weighted by atomic mass is 35.5. The summed E-state index contributed by atoms with van der Waals surface area (Å²) in [6.07, 6.45) is 4.19. The molecule has 0 radical (unpaired) electrons. The zero-order valence-corrected chi connectivity index (χ0v) is 20.7. The van der Waals surface area contributed by atoms with Gasteiger partial charge in [-0.3, -0.25) is 0 Å². The molecule has 0 saturated carbocycles. The van der Waals surface area contributed by atoms with Gasteiger partial charge in [0.15, 0.2) is 5.75 Å². The molecule has 172 valence electrons. The van der Waals surface area contributed by atoms with Crippen LogP contribution in [0.5, 0.6) is 17.2 Å². The fraction of sp³-hybridized carbons (Fsp3) is 0.269.